The fourth-order valence-electron chi connectivity index (χ4n) is 5.50. The smallest absolute Gasteiger partial charge is 0.228 e. The second kappa shape index (κ2) is 6.84. The number of H-pyrrole nitrogens is 1. The minimum atomic E-state index is 0. The number of nitrogens with zero attached hydrogens (tertiary/aromatic N) is 2. The molecule has 8 rings (SSSR count). The largest absolute Gasteiger partial charge is 0.436 e. The van der Waals surface area contributed by atoms with Crippen molar-refractivity contribution in [3.63, 3.8) is 0 Å². The van der Waals surface area contributed by atoms with E-state index in [0.717, 1.165) is 28.5 Å². The van der Waals surface area contributed by atoms with Crippen LogP contribution < -0.4 is 0 Å². The van der Waals surface area contributed by atoms with E-state index < -0.39 is 0 Å². The molecule has 1 atom stereocenters. The highest BCUT2D eigenvalue weighted by molar-refractivity contribution is 7.17. The Bertz CT molecular complexity index is 1380. The molecule has 30 heavy (non-hydrogen) atoms. The van der Waals surface area contributed by atoms with E-state index in [9.17, 15) is 0 Å². The minimum absolute atomic E-state index is 0. The zero-order valence-electron chi connectivity index (χ0n) is 16.4. The van der Waals surface area contributed by atoms with Crippen LogP contribution in [0.2, 0.25) is 0 Å². The summed E-state index contributed by atoms with van der Waals surface area (Å²) >= 11 is 1.75. The quantitative estimate of drug-likeness (QED) is 0.348. The Balaban J connectivity index is 0.00000175. The van der Waals surface area contributed by atoms with Crippen LogP contribution in [0, 0.1) is 5.92 Å². The first-order valence-corrected chi connectivity index (χ1v) is 11.3. The Labute approximate surface area is 184 Å². The zero-order valence-corrected chi connectivity index (χ0v) is 18.1. The maximum atomic E-state index is 6.27. The molecule has 4 nitrogen and oxygen atoms in total. The number of rotatable bonds is 2. The van der Waals surface area contributed by atoms with E-state index >= 15 is 0 Å². The van der Waals surface area contributed by atoms with Gasteiger partial charge in [0.25, 0.3) is 0 Å². The lowest BCUT2D eigenvalue weighted by Crippen LogP contribution is -2.46. The number of hydrogen-bond acceptors (Lipinski definition) is 4. The van der Waals surface area contributed by atoms with E-state index in [0.29, 0.717) is 5.92 Å². The molecule has 0 amide bonds. The van der Waals surface area contributed by atoms with Gasteiger partial charge in [0.15, 0.2) is 5.58 Å². The van der Waals surface area contributed by atoms with E-state index in [4.69, 9.17) is 9.40 Å². The lowest BCUT2D eigenvalue weighted by Gasteiger charge is -2.44. The highest BCUT2D eigenvalue weighted by Gasteiger charge is 2.36. The van der Waals surface area contributed by atoms with Crippen LogP contribution in [0.1, 0.15) is 24.3 Å². The van der Waals surface area contributed by atoms with Crippen LogP contribution in [0.5, 0.6) is 0 Å². The number of nitrogens with one attached hydrogen (secondary N) is 1. The van der Waals surface area contributed by atoms with Gasteiger partial charge in [0, 0.05) is 45.0 Å². The van der Waals surface area contributed by atoms with Crippen LogP contribution in [0.3, 0.4) is 0 Å². The molecule has 3 saturated heterocycles. The summed E-state index contributed by atoms with van der Waals surface area (Å²) in [6, 6.07) is 12.7. The Kier molecular flexibility index (Phi) is 4.20. The van der Waals surface area contributed by atoms with Gasteiger partial charge in [-0.25, -0.2) is 4.98 Å². The summed E-state index contributed by atoms with van der Waals surface area (Å²) in [5.74, 6) is 2.12. The van der Waals surface area contributed by atoms with Crippen LogP contribution >= 0.6 is 23.7 Å². The van der Waals surface area contributed by atoms with Gasteiger partial charge in [-0.15, -0.1) is 23.7 Å². The van der Waals surface area contributed by atoms with E-state index in [1.54, 1.807) is 11.3 Å². The molecule has 2 aromatic carbocycles. The third-order valence-electron chi connectivity index (χ3n) is 7.00. The maximum absolute atomic E-state index is 6.27. The third-order valence-corrected chi connectivity index (χ3v) is 7.96. The highest BCUT2D eigenvalue weighted by Crippen LogP contribution is 2.43. The van der Waals surface area contributed by atoms with Crippen LogP contribution in [0.15, 0.2) is 52.4 Å². The summed E-state index contributed by atoms with van der Waals surface area (Å²) in [6.45, 7) is 3.70. The first kappa shape index (κ1) is 18.4. The number of thiophene rings is 1. The Hall–Kier alpha value is -2.34. The molecule has 152 valence electrons. The van der Waals surface area contributed by atoms with Crippen molar-refractivity contribution in [3.8, 4) is 11.5 Å². The fraction of sp³-hybridized carbons (Fsp3) is 0.292. The average molecular weight is 436 g/mol. The number of aromatic amines is 1. The summed E-state index contributed by atoms with van der Waals surface area (Å²) in [5.41, 5.74) is 5.56. The lowest BCUT2D eigenvalue weighted by molar-refractivity contribution is 0.0877. The number of piperidine rings is 3. The molecule has 6 heterocycles. The number of fused-ring (bicyclic) bond motifs is 7. The van der Waals surface area contributed by atoms with Gasteiger partial charge in [0.2, 0.25) is 5.89 Å². The number of hydrogen-bond donors (Lipinski definition) is 1. The summed E-state index contributed by atoms with van der Waals surface area (Å²) in [7, 11) is 0. The van der Waals surface area contributed by atoms with Crippen molar-refractivity contribution in [2.75, 3.05) is 19.6 Å². The third kappa shape index (κ3) is 2.59. The molecule has 3 aliphatic heterocycles. The number of oxazole rings is 1. The molecule has 3 aromatic heterocycles. The number of halogens is 1. The molecule has 5 aromatic rings. The number of benzene rings is 2. The van der Waals surface area contributed by atoms with Crippen LogP contribution in [0.25, 0.3) is 43.5 Å². The highest BCUT2D eigenvalue weighted by atomic mass is 35.5. The summed E-state index contributed by atoms with van der Waals surface area (Å²) in [5, 5.41) is 4.64. The number of aromatic nitrogens is 2. The van der Waals surface area contributed by atoms with Crippen LogP contribution in [0.4, 0.5) is 0 Å². The fourth-order valence-corrected chi connectivity index (χ4v) is 6.44. The van der Waals surface area contributed by atoms with Gasteiger partial charge in [-0.05, 0) is 55.6 Å². The molecular weight excluding hydrogens is 414 g/mol. The van der Waals surface area contributed by atoms with Crippen LogP contribution in [-0.4, -0.2) is 34.5 Å². The summed E-state index contributed by atoms with van der Waals surface area (Å²) in [6.07, 6.45) is 4.86. The Morgan fingerprint density at radius 1 is 1.10 bits per heavy atom. The van der Waals surface area contributed by atoms with Crippen molar-refractivity contribution < 1.29 is 4.42 Å². The minimum Gasteiger partial charge on any atom is -0.436 e. The van der Waals surface area contributed by atoms with Gasteiger partial charge in [0.05, 0.1) is 5.56 Å². The van der Waals surface area contributed by atoms with Crippen LogP contribution in [-0.2, 0) is 0 Å². The SMILES string of the molecule is Cl.c1ccc2c(-c3nc4c(ccc5[nH]cc(C6CN7CCC6CC7)c54)o3)csc2c1. The first-order chi connectivity index (χ1) is 14.3. The van der Waals surface area contributed by atoms with E-state index in [1.165, 1.54) is 59.0 Å². The molecule has 3 fully saturated rings. The van der Waals surface area contributed by atoms with E-state index in [2.05, 4.69) is 57.9 Å². The van der Waals surface area contributed by atoms with Crippen molar-refractivity contribution in [3.05, 3.63) is 53.5 Å². The predicted molar refractivity (Wildman–Crippen MR) is 126 cm³/mol. The Morgan fingerprint density at radius 3 is 2.80 bits per heavy atom. The van der Waals surface area contributed by atoms with Gasteiger partial charge >= 0.3 is 0 Å². The predicted octanol–water partition coefficient (Wildman–Crippen LogP) is 6.42. The summed E-state index contributed by atoms with van der Waals surface area (Å²) < 4.78 is 7.54. The topological polar surface area (TPSA) is 45.1 Å². The van der Waals surface area contributed by atoms with Crippen molar-refractivity contribution in [2.45, 2.75) is 18.8 Å². The molecule has 0 aliphatic carbocycles. The molecule has 0 spiro atoms. The van der Waals surface area contributed by atoms with Gasteiger partial charge in [-0.1, -0.05) is 18.2 Å². The van der Waals surface area contributed by atoms with Gasteiger partial charge in [0.1, 0.15) is 5.52 Å². The molecule has 0 saturated carbocycles. The van der Waals surface area contributed by atoms with Crippen molar-refractivity contribution in [2.24, 2.45) is 5.92 Å². The van der Waals surface area contributed by atoms with E-state index in [-0.39, 0.29) is 12.4 Å². The van der Waals surface area contributed by atoms with Gasteiger partial charge < -0.3 is 14.3 Å². The lowest BCUT2D eigenvalue weighted by atomic mass is 9.75. The standard InChI is InChI=1S/C24H21N3OS.ClH/c1-2-4-21-15(3-1)18(13-29-21)24-26-23-20(28-24)6-5-19-22(23)16(11-25-19)17-12-27-9-7-14(17)8-10-27;/h1-6,11,13-14,17,25H,7-10,12H2;1H. The molecule has 2 bridgehead atoms. The molecule has 0 radical (unpaired) electrons. The van der Waals surface area contributed by atoms with Gasteiger partial charge in [-0.3, -0.25) is 0 Å². The molecule has 1 unspecified atom stereocenters. The second-order valence-corrected chi connectivity index (χ2v) is 9.40. The Morgan fingerprint density at radius 2 is 1.97 bits per heavy atom. The molecule has 1 N–H and O–H groups in total. The van der Waals surface area contributed by atoms with E-state index in [1.807, 2.05) is 0 Å². The van der Waals surface area contributed by atoms with Gasteiger partial charge in [-0.2, -0.15) is 0 Å². The first-order valence-electron chi connectivity index (χ1n) is 10.4. The zero-order chi connectivity index (χ0) is 18.9. The van der Waals surface area contributed by atoms with Crippen molar-refractivity contribution >= 4 is 55.8 Å². The van der Waals surface area contributed by atoms with Crippen molar-refractivity contribution in [1.29, 1.82) is 0 Å². The second-order valence-electron chi connectivity index (χ2n) is 8.49. The maximum Gasteiger partial charge on any atom is 0.228 e. The summed E-state index contributed by atoms with van der Waals surface area (Å²) in [4.78, 5) is 11.2. The molecule has 6 heteroatoms. The molecular formula is C24H22ClN3OS. The normalized spacial score (nSPS) is 23.4. The monoisotopic (exact) mass is 435 g/mol. The van der Waals surface area contributed by atoms with Crippen molar-refractivity contribution in [1.82, 2.24) is 14.9 Å². The average Bonchev–Trinajstić information content (AvgIpc) is 3.49. The molecule has 3 aliphatic rings.